The first-order valence-corrected chi connectivity index (χ1v) is 11.6. The maximum Gasteiger partial charge on any atom is 0.416 e. The number of carbonyl (C=O) groups excluding carboxylic acids is 1. The number of alkyl halides is 3. The lowest BCUT2D eigenvalue weighted by atomic mass is 10.00. The summed E-state index contributed by atoms with van der Waals surface area (Å²) in [6, 6.07) is 5.94. The van der Waals surface area contributed by atoms with Crippen LogP contribution in [0.4, 0.5) is 27.6 Å². The number of nitrogens with two attached hydrogens (primary N) is 1. The van der Waals surface area contributed by atoms with E-state index in [1.165, 1.54) is 6.07 Å². The van der Waals surface area contributed by atoms with Gasteiger partial charge in [0.05, 0.1) is 10.0 Å². The van der Waals surface area contributed by atoms with E-state index < -0.39 is 51.7 Å². The van der Waals surface area contributed by atoms with E-state index in [-0.39, 0.29) is 39.4 Å². The summed E-state index contributed by atoms with van der Waals surface area (Å²) in [5.41, 5.74) is 2.96. The molecule has 0 amide bonds. The molecule has 3 rings (SSSR count). The molecule has 0 aromatic heterocycles. The lowest BCUT2D eigenvalue weighted by molar-refractivity contribution is -0.137. The van der Waals surface area contributed by atoms with Crippen molar-refractivity contribution in [2.75, 3.05) is 17.9 Å². The second-order valence-corrected chi connectivity index (χ2v) is 9.03. The number of carbonyl (C=O) groups is 1. The van der Waals surface area contributed by atoms with Gasteiger partial charge in [0.15, 0.2) is 11.6 Å². The van der Waals surface area contributed by atoms with Gasteiger partial charge in [-0.05, 0) is 46.3 Å². The first kappa shape index (κ1) is 26.7. The molecule has 3 aromatic rings. The molecule has 13 heteroatoms. The number of ether oxygens (including phenoxy) is 1. The quantitative estimate of drug-likeness (QED) is 0.187. The lowest BCUT2D eigenvalue weighted by Gasteiger charge is -2.17. The van der Waals surface area contributed by atoms with Crippen molar-refractivity contribution in [3.05, 3.63) is 69.7 Å². The van der Waals surface area contributed by atoms with Gasteiger partial charge >= 0.3 is 6.18 Å². The van der Waals surface area contributed by atoms with Gasteiger partial charge in [0.1, 0.15) is 41.5 Å². The van der Waals surface area contributed by atoms with Gasteiger partial charge in [0.2, 0.25) is 4.90 Å². The number of benzene rings is 3. The van der Waals surface area contributed by atoms with Crippen molar-refractivity contribution in [2.24, 2.45) is 5.73 Å². The van der Waals surface area contributed by atoms with Gasteiger partial charge in [-0.25, -0.2) is 13.5 Å². The molecule has 0 aliphatic rings. The van der Waals surface area contributed by atoms with E-state index in [1.807, 2.05) is 0 Å². The van der Waals surface area contributed by atoms with Crippen molar-refractivity contribution in [3.8, 4) is 22.6 Å². The number of anilines is 1. The molecule has 4 N–H and O–H groups in total. The standard InChI is InChI=1S/C22H16BrF5N2O4S/c23-15-5-11(10-31)6-20(21(15)32)35(33)30-18-8-13(16(24)9-17(18)25)14-7-12(22(26,27)28)1-2-19(14)34-4-3-29/h1-2,5-10,30,32H,3-4,29H2. The Morgan fingerprint density at radius 1 is 1.11 bits per heavy atom. The van der Waals surface area contributed by atoms with Crippen LogP contribution in [-0.2, 0) is 17.5 Å². The Morgan fingerprint density at radius 2 is 1.83 bits per heavy atom. The van der Waals surface area contributed by atoms with Crippen LogP contribution in [0.25, 0.3) is 11.1 Å². The number of rotatable bonds is 8. The molecule has 0 fully saturated rings. The van der Waals surface area contributed by atoms with Gasteiger partial charge in [-0.15, -0.1) is 0 Å². The first-order chi connectivity index (χ1) is 16.5. The SMILES string of the molecule is NCCOc1ccc(C(F)(F)F)cc1-c1cc(N[S+]([O-])c2cc(C=O)cc(Br)c2O)c(F)cc1F. The number of phenols is 1. The highest BCUT2D eigenvalue weighted by Crippen LogP contribution is 2.40. The van der Waals surface area contributed by atoms with Crippen molar-refractivity contribution < 1.29 is 41.1 Å². The van der Waals surface area contributed by atoms with Crippen LogP contribution in [0.15, 0.2) is 51.8 Å². The zero-order valence-corrected chi connectivity index (χ0v) is 19.9. The maximum atomic E-state index is 14.7. The average molecular weight is 579 g/mol. The Hall–Kier alpha value is -2.87. The lowest BCUT2D eigenvalue weighted by Crippen LogP contribution is -2.15. The van der Waals surface area contributed by atoms with Gasteiger partial charge in [0.25, 0.3) is 0 Å². The molecule has 0 heterocycles. The van der Waals surface area contributed by atoms with Crippen LogP contribution in [0.5, 0.6) is 11.5 Å². The van der Waals surface area contributed by atoms with E-state index >= 15 is 0 Å². The third-order valence-electron chi connectivity index (χ3n) is 4.62. The highest BCUT2D eigenvalue weighted by molar-refractivity contribution is 9.10. The highest BCUT2D eigenvalue weighted by atomic mass is 79.9. The fourth-order valence-corrected chi connectivity index (χ4v) is 4.61. The van der Waals surface area contributed by atoms with Crippen LogP contribution in [0.2, 0.25) is 0 Å². The minimum absolute atomic E-state index is 0.0249. The number of phenolic OH excluding ortho intramolecular Hbond substituents is 1. The Bertz CT molecular complexity index is 1260. The van der Waals surface area contributed by atoms with Crippen LogP contribution in [0, 0.1) is 11.6 Å². The summed E-state index contributed by atoms with van der Waals surface area (Å²) in [5.74, 6) is -3.05. The molecular formula is C22H16BrF5N2O4S. The fourth-order valence-electron chi connectivity index (χ4n) is 3.00. The van der Waals surface area contributed by atoms with Gasteiger partial charge in [0, 0.05) is 35.4 Å². The Labute approximate surface area is 207 Å². The van der Waals surface area contributed by atoms with E-state index in [0.29, 0.717) is 18.4 Å². The first-order valence-electron chi connectivity index (χ1n) is 9.66. The molecule has 1 unspecified atom stereocenters. The Balaban J connectivity index is 2.09. The second kappa shape index (κ2) is 10.8. The predicted molar refractivity (Wildman–Crippen MR) is 123 cm³/mol. The summed E-state index contributed by atoms with van der Waals surface area (Å²) in [5, 5.41) is 10.2. The van der Waals surface area contributed by atoms with Gasteiger partial charge in [-0.2, -0.15) is 13.2 Å². The second-order valence-electron chi connectivity index (χ2n) is 7.00. The third kappa shape index (κ3) is 6.04. The van der Waals surface area contributed by atoms with Crippen LogP contribution < -0.4 is 15.2 Å². The van der Waals surface area contributed by atoms with E-state index in [1.54, 1.807) is 0 Å². The molecule has 1 atom stereocenters. The van der Waals surface area contributed by atoms with Gasteiger partial charge < -0.3 is 20.1 Å². The minimum Gasteiger partial charge on any atom is -0.588 e. The number of halogens is 6. The molecule has 0 aliphatic heterocycles. The maximum absolute atomic E-state index is 14.7. The van der Waals surface area contributed by atoms with Crippen molar-refractivity contribution in [2.45, 2.75) is 11.1 Å². The summed E-state index contributed by atoms with van der Waals surface area (Å²) >= 11 is 0.642. The fraction of sp³-hybridized carbons (Fsp3) is 0.136. The molecule has 0 aliphatic carbocycles. The van der Waals surface area contributed by atoms with Gasteiger partial charge in [-0.3, -0.25) is 4.79 Å². The van der Waals surface area contributed by atoms with Crippen LogP contribution in [0.3, 0.4) is 0 Å². The number of aldehydes is 1. The Kier molecular flexibility index (Phi) is 8.26. The average Bonchev–Trinajstić information content (AvgIpc) is 2.80. The summed E-state index contributed by atoms with van der Waals surface area (Å²) in [7, 11) is 0. The molecule has 6 nitrogen and oxygen atoms in total. The summed E-state index contributed by atoms with van der Waals surface area (Å²) < 4.78 is 89.5. The van der Waals surface area contributed by atoms with E-state index in [4.69, 9.17) is 10.5 Å². The summed E-state index contributed by atoms with van der Waals surface area (Å²) in [6.45, 7) is -0.0609. The molecule has 35 heavy (non-hydrogen) atoms. The largest absolute Gasteiger partial charge is 0.588 e. The van der Waals surface area contributed by atoms with Crippen LogP contribution in [-0.4, -0.2) is 29.1 Å². The molecular weight excluding hydrogens is 563 g/mol. The number of hydrogen-bond acceptors (Lipinski definition) is 6. The molecule has 0 saturated carbocycles. The van der Waals surface area contributed by atoms with Crippen molar-refractivity contribution in [3.63, 3.8) is 0 Å². The van der Waals surface area contributed by atoms with Gasteiger partial charge in [-0.1, -0.05) is 0 Å². The van der Waals surface area contributed by atoms with Crippen LogP contribution >= 0.6 is 15.9 Å². The van der Waals surface area contributed by atoms with Crippen molar-refractivity contribution in [1.29, 1.82) is 0 Å². The van der Waals surface area contributed by atoms with Crippen LogP contribution in [0.1, 0.15) is 15.9 Å². The highest BCUT2D eigenvalue weighted by Gasteiger charge is 2.32. The van der Waals surface area contributed by atoms with E-state index in [2.05, 4.69) is 20.7 Å². The minimum atomic E-state index is -4.76. The topological polar surface area (TPSA) is 108 Å². The zero-order valence-electron chi connectivity index (χ0n) is 17.5. The molecule has 3 aromatic carbocycles. The molecule has 0 saturated heterocycles. The molecule has 0 spiro atoms. The summed E-state index contributed by atoms with van der Waals surface area (Å²) in [4.78, 5) is 10.8. The summed E-state index contributed by atoms with van der Waals surface area (Å²) in [6.07, 6.45) is -4.33. The third-order valence-corrected chi connectivity index (χ3v) is 6.34. The molecule has 186 valence electrons. The molecule has 0 radical (unpaired) electrons. The van der Waals surface area contributed by atoms with E-state index in [9.17, 15) is 36.4 Å². The molecule has 0 bridgehead atoms. The monoisotopic (exact) mass is 578 g/mol. The van der Waals surface area contributed by atoms with Crippen molar-refractivity contribution >= 4 is 39.3 Å². The van der Waals surface area contributed by atoms with Crippen molar-refractivity contribution in [1.82, 2.24) is 0 Å². The smallest absolute Gasteiger partial charge is 0.416 e. The number of nitrogens with one attached hydrogen (secondary N) is 1. The zero-order chi connectivity index (χ0) is 25.9. The predicted octanol–water partition coefficient (Wildman–Crippen LogP) is 5.40. The number of hydrogen-bond donors (Lipinski definition) is 3. The Morgan fingerprint density at radius 3 is 2.46 bits per heavy atom. The normalized spacial score (nSPS) is 12.3. The van der Waals surface area contributed by atoms with E-state index in [0.717, 1.165) is 24.3 Å². The number of aromatic hydroxyl groups is 1.